The Labute approximate surface area is 145 Å². The highest BCUT2D eigenvalue weighted by molar-refractivity contribution is 5.24. The predicted octanol–water partition coefficient (Wildman–Crippen LogP) is 9.22. The van der Waals surface area contributed by atoms with Crippen molar-refractivity contribution in [3.63, 3.8) is 0 Å². The summed E-state index contributed by atoms with van der Waals surface area (Å²) in [5, 5.41) is 0. The van der Waals surface area contributed by atoms with Crippen molar-refractivity contribution >= 4 is 0 Å². The Balaban J connectivity index is -0.0000000602. The first-order chi connectivity index (χ1) is 10.5. The molecule has 0 nitrogen and oxygen atoms in total. The molecule has 0 aliphatic heterocycles. The van der Waals surface area contributed by atoms with E-state index in [4.69, 9.17) is 0 Å². The summed E-state index contributed by atoms with van der Waals surface area (Å²) in [5.41, 5.74) is 2.94. The normalized spacial score (nSPS) is 11.0. The lowest BCUT2D eigenvalue weighted by molar-refractivity contribution is 0.626. The van der Waals surface area contributed by atoms with E-state index in [1.807, 2.05) is 41.5 Å². The molecule has 0 atom stereocenters. The van der Waals surface area contributed by atoms with Gasteiger partial charge in [-0.05, 0) is 32.6 Å². The van der Waals surface area contributed by atoms with Crippen LogP contribution in [0.3, 0.4) is 0 Å². The number of allylic oxidation sites excluding steroid dienone is 4. The maximum atomic E-state index is 2.28. The van der Waals surface area contributed by atoms with Crippen molar-refractivity contribution in [2.24, 2.45) is 5.92 Å². The fourth-order valence-electron chi connectivity index (χ4n) is 1.05. The second kappa shape index (κ2) is 37.1. The van der Waals surface area contributed by atoms with Crippen LogP contribution in [0.4, 0.5) is 0 Å². The van der Waals surface area contributed by atoms with Gasteiger partial charge in [0.2, 0.25) is 0 Å². The molecule has 0 saturated carbocycles. The number of hydrogen-bond acceptors (Lipinski definition) is 0. The second-order valence-electron chi connectivity index (χ2n) is 4.99. The van der Waals surface area contributed by atoms with E-state index in [2.05, 4.69) is 60.6 Å². The van der Waals surface area contributed by atoms with E-state index in [0.717, 1.165) is 5.92 Å². The molecule has 0 aromatic rings. The third-order valence-electron chi connectivity index (χ3n) is 2.30. The molecule has 1 aliphatic rings. The first kappa shape index (κ1) is 33.2. The van der Waals surface area contributed by atoms with Crippen LogP contribution < -0.4 is 0 Å². The molecule has 0 aromatic heterocycles. The van der Waals surface area contributed by atoms with Gasteiger partial charge >= 0.3 is 0 Å². The summed E-state index contributed by atoms with van der Waals surface area (Å²) in [6.07, 6.45) is 9.60. The van der Waals surface area contributed by atoms with Gasteiger partial charge in [-0.1, -0.05) is 112 Å². The van der Waals surface area contributed by atoms with Crippen LogP contribution in [0.2, 0.25) is 0 Å². The summed E-state index contributed by atoms with van der Waals surface area (Å²) in [6.45, 7) is 27.2. The Morgan fingerprint density at radius 1 is 0.864 bits per heavy atom. The molecule has 0 N–H and O–H groups in total. The molecular weight excluding hydrogens is 264 g/mol. The van der Waals surface area contributed by atoms with Crippen LogP contribution in [-0.2, 0) is 0 Å². The highest BCUT2D eigenvalue weighted by Gasteiger charge is 1.94. The molecule has 0 fully saturated rings. The largest absolute Gasteiger partial charge is 0.0813 e. The van der Waals surface area contributed by atoms with E-state index in [0.29, 0.717) is 0 Å². The minimum Gasteiger partial charge on any atom is -0.0813 e. The zero-order chi connectivity index (χ0) is 19.0. The summed E-state index contributed by atoms with van der Waals surface area (Å²) in [5.74, 6) is 0.884. The monoisotopic (exact) mass is 314 g/mol. The average molecular weight is 315 g/mol. The third kappa shape index (κ3) is 50.5. The van der Waals surface area contributed by atoms with E-state index in [1.165, 1.54) is 36.8 Å². The molecular formula is C22H50. The number of hydrogen-bond donors (Lipinski definition) is 0. The van der Waals surface area contributed by atoms with Crippen LogP contribution >= 0.6 is 0 Å². The quantitative estimate of drug-likeness (QED) is 0.452. The zero-order valence-electron chi connectivity index (χ0n) is 18.6. The molecule has 0 amide bonds. The van der Waals surface area contributed by atoms with Gasteiger partial charge in [-0.2, -0.15) is 0 Å². The second-order valence-corrected chi connectivity index (χ2v) is 4.99. The van der Waals surface area contributed by atoms with Crippen LogP contribution in [-0.4, -0.2) is 0 Å². The fraction of sp³-hybridized carbons (Fsp3) is 0.818. The van der Waals surface area contributed by atoms with Crippen molar-refractivity contribution < 1.29 is 0 Å². The first-order valence-electron chi connectivity index (χ1n) is 9.81. The summed E-state index contributed by atoms with van der Waals surface area (Å²) in [4.78, 5) is 0. The van der Waals surface area contributed by atoms with Crippen molar-refractivity contribution in [2.45, 2.75) is 116 Å². The van der Waals surface area contributed by atoms with Gasteiger partial charge in [0.25, 0.3) is 0 Å². The average Bonchev–Trinajstić information content (AvgIpc) is 2.54. The molecule has 138 valence electrons. The van der Waals surface area contributed by atoms with E-state index < -0.39 is 0 Å². The SMILES string of the molecule is CC.CC.CC.CC1=CCCC(C)=C1.CCC.CCC(C)C. The van der Waals surface area contributed by atoms with Crippen LogP contribution in [0, 0.1) is 5.92 Å². The minimum absolute atomic E-state index is 0.884. The van der Waals surface area contributed by atoms with Crippen molar-refractivity contribution in [1.82, 2.24) is 0 Å². The highest BCUT2D eigenvalue weighted by Crippen LogP contribution is 2.14. The van der Waals surface area contributed by atoms with Crippen LogP contribution in [0.25, 0.3) is 0 Å². The van der Waals surface area contributed by atoms with Gasteiger partial charge < -0.3 is 0 Å². The molecule has 0 bridgehead atoms. The summed E-state index contributed by atoms with van der Waals surface area (Å²) in [6, 6.07) is 0. The zero-order valence-corrected chi connectivity index (χ0v) is 18.6. The highest BCUT2D eigenvalue weighted by atomic mass is 14.0. The molecule has 0 unspecified atom stereocenters. The van der Waals surface area contributed by atoms with Gasteiger partial charge in [-0.25, -0.2) is 0 Å². The summed E-state index contributed by atoms with van der Waals surface area (Å²) >= 11 is 0. The van der Waals surface area contributed by atoms with Crippen molar-refractivity contribution in [3.8, 4) is 0 Å². The van der Waals surface area contributed by atoms with Crippen molar-refractivity contribution in [3.05, 3.63) is 23.3 Å². The molecule has 0 heterocycles. The maximum Gasteiger partial charge on any atom is -0.0285 e. The minimum atomic E-state index is 0.884. The molecule has 0 aromatic carbocycles. The Morgan fingerprint density at radius 2 is 1.18 bits per heavy atom. The van der Waals surface area contributed by atoms with Gasteiger partial charge in [0.15, 0.2) is 0 Å². The van der Waals surface area contributed by atoms with Crippen LogP contribution in [0.5, 0.6) is 0 Å². The molecule has 0 spiro atoms. The van der Waals surface area contributed by atoms with Gasteiger partial charge in [0, 0.05) is 0 Å². The van der Waals surface area contributed by atoms with E-state index in [9.17, 15) is 0 Å². The lowest BCUT2D eigenvalue weighted by atomic mass is 10.0. The fourth-order valence-corrected chi connectivity index (χ4v) is 1.05. The Morgan fingerprint density at radius 3 is 1.32 bits per heavy atom. The van der Waals surface area contributed by atoms with Gasteiger partial charge in [0.1, 0.15) is 0 Å². The van der Waals surface area contributed by atoms with Crippen LogP contribution in [0.15, 0.2) is 23.3 Å². The van der Waals surface area contributed by atoms with E-state index >= 15 is 0 Å². The Hall–Kier alpha value is -0.520. The van der Waals surface area contributed by atoms with E-state index in [-0.39, 0.29) is 0 Å². The number of rotatable bonds is 1. The van der Waals surface area contributed by atoms with E-state index in [1.54, 1.807) is 0 Å². The first-order valence-corrected chi connectivity index (χ1v) is 9.81. The molecule has 0 radical (unpaired) electrons. The lowest BCUT2D eigenvalue weighted by Crippen LogP contribution is -1.84. The Bertz CT molecular complexity index is 194. The van der Waals surface area contributed by atoms with Gasteiger partial charge in [-0.15, -0.1) is 0 Å². The summed E-state index contributed by atoms with van der Waals surface area (Å²) < 4.78 is 0. The van der Waals surface area contributed by atoms with Gasteiger partial charge in [0.05, 0.1) is 0 Å². The predicted molar refractivity (Wildman–Crippen MR) is 112 cm³/mol. The molecule has 22 heavy (non-hydrogen) atoms. The standard InChI is InChI=1S/C8H12.C5H12.C3H8.3C2H6/c1-7-4-3-5-8(2)6-7;1-4-5(2)3;1-3-2;3*1-2/h4,6H,3,5H2,1-2H3;5H,4H2,1-3H3;3H2,1-2H3;3*1-2H3. The molecule has 0 saturated heterocycles. The summed E-state index contributed by atoms with van der Waals surface area (Å²) in [7, 11) is 0. The molecule has 1 aliphatic carbocycles. The lowest BCUT2D eigenvalue weighted by Gasteiger charge is -2.04. The van der Waals surface area contributed by atoms with Crippen molar-refractivity contribution in [1.29, 1.82) is 0 Å². The van der Waals surface area contributed by atoms with Gasteiger partial charge in [-0.3, -0.25) is 0 Å². The molecule has 0 heteroatoms. The van der Waals surface area contributed by atoms with Crippen LogP contribution in [0.1, 0.15) is 116 Å². The maximum absolute atomic E-state index is 2.28. The topological polar surface area (TPSA) is 0 Å². The smallest absolute Gasteiger partial charge is 0.0285 e. The molecule has 1 rings (SSSR count). The van der Waals surface area contributed by atoms with Crippen molar-refractivity contribution in [2.75, 3.05) is 0 Å². The third-order valence-corrected chi connectivity index (χ3v) is 2.30. The Kier molecular flexibility index (Phi) is 55.9.